The van der Waals surface area contributed by atoms with E-state index >= 15 is 0 Å². The first-order valence-corrected chi connectivity index (χ1v) is 13.6. The molecule has 0 aliphatic carbocycles. The van der Waals surface area contributed by atoms with Crippen molar-refractivity contribution in [2.45, 2.75) is 39.8 Å². The Morgan fingerprint density at radius 2 is 1.77 bits per heavy atom. The number of ether oxygens (including phenoxy) is 2. The number of hydrogen-bond acceptors (Lipinski definition) is 5. The van der Waals surface area contributed by atoms with E-state index in [0.717, 1.165) is 11.1 Å². The number of halogens is 2. The summed E-state index contributed by atoms with van der Waals surface area (Å²) in [6, 6.07) is 16.9. The molecule has 7 nitrogen and oxygen atoms in total. The Kier molecular flexibility index (Phi) is 11.6. The van der Waals surface area contributed by atoms with Crippen LogP contribution in [0.4, 0.5) is 0 Å². The van der Waals surface area contributed by atoms with E-state index in [-0.39, 0.29) is 18.4 Å². The molecule has 1 atom stereocenters. The molecule has 0 radical (unpaired) electrons. The molecule has 0 saturated heterocycles. The van der Waals surface area contributed by atoms with E-state index in [1.54, 1.807) is 48.5 Å². The Hall–Kier alpha value is -3.81. The van der Waals surface area contributed by atoms with E-state index in [9.17, 15) is 9.59 Å². The van der Waals surface area contributed by atoms with Crippen LogP contribution >= 0.6 is 23.2 Å². The molecule has 0 fully saturated rings. The summed E-state index contributed by atoms with van der Waals surface area (Å²) in [6.07, 6.45) is 3.79. The Balaban J connectivity index is 1.77. The Bertz CT molecular complexity index is 1360. The molecular formula is C31H33Cl2N3O4. The van der Waals surface area contributed by atoms with Crippen LogP contribution in [0.15, 0.2) is 78.4 Å². The van der Waals surface area contributed by atoms with Gasteiger partial charge in [-0.2, -0.15) is 5.10 Å². The van der Waals surface area contributed by atoms with Crippen molar-refractivity contribution in [3.8, 4) is 11.5 Å². The lowest BCUT2D eigenvalue weighted by molar-refractivity contribution is -0.123. The Labute approximate surface area is 245 Å². The topological polar surface area (TPSA) is 89.0 Å². The monoisotopic (exact) mass is 581 g/mol. The first-order valence-electron chi connectivity index (χ1n) is 12.9. The van der Waals surface area contributed by atoms with Crippen LogP contribution in [0.3, 0.4) is 0 Å². The SMILES string of the molecule is C=CCc1cc(C=NNC(=O)C(NC(=O)c2ccccc2)C(C)C)cc(OCC)c1OCc1ccc(Cl)cc1Cl. The molecule has 1 unspecified atom stereocenters. The molecule has 0 aliphatic rings. The zero-order valence-electron chi connectivity index (χ0n) is 22.7. The van der Waals surface area contributed by atoms with Crippen LogP contribution < -0.4 is 20.2 Å². The summed E-state index contributed by atoms with van der Waals surface area (Å²) in [4.78, 5) is 25.5. The number of benzene rings is 3. The van der Waals surface area contributed by atoms with E-state index in [1.807, 2.05) is 39.0 Å². The zero-order valence-corrected chi connectivity index (χ0v) is 24.3. The molecule has 0 aromatic heterocycles. The first kappa shape index (κ1) is 30.7. The summed E-state index contributed by atoms with van der Waals surface area (Å²) < 4.78 is 12.0. The zero-order chi connectivity index (χ0) is 29.1. The van der Waals surface area contributed by atoms with Gasteiger partial charge < -0.3 is 14.8 Å². The van der Waals surface area contributed by atoms with Crippen molar-refractivity contribution in [2.75, 3.05) is 6.61 Å². The van der Waals surface area contributed by atoms with Gasteiger partial charge >= 0.3 is 0 Å². The fourth-order valence-electron chi connectivity index (χ4n) is 3.87. The maximum Gasteiger partial charge on any atom is 0.262 e. The van der Waals surface area contributed by atoms with Crippen LogP contribution in [0.25, 0.3) is 0 Å². The molecule has 0 heterocycles. The minimum atomic E-state index is -0.768. The molecule has 210 valence electrons. The van der Waals surface area contributed by atoms with Crippen LogP contribution in [0, 0.1) is 5.92 Å². The molecule has 2 amide bonds. The maximum atomic E-state index is 12.9. The molecule has 3 aromatic rings. The number of nitrogens with zero attached hydrogens (tertiary/aromatic N) is 1. The highest BCUT2D eigenvalue weighted by molar-refractivity contribution is 6.35. The lowest BCUT2D eigenvalue weighted by atomic mass is 10.0. The lowest BCUT2D eigenvalue weighted by Gasteiger charge is -2.20. The predicted molar refractivity (Wildman–Crippen MR) is 161 cm³/mol. The third-order valence-electron chi connectivity index (χ3n) is 5.87. The Morgan fingerprint density at radius 3 is 2.42 bits per heavy atom. The fraction of sp³-hybridized carbons (Fsp3) is 0.258. The van der Waals surface area contributed by atoms with Gasteiger partial charge in [-0.05, 0) is 61.2 Å². The van der Waals surface area contributed by atoms with Crippen molar-refractivity contribution in [3.63, 3.8) is 0 Å². The predicted octanol–water partition coefficient (Wildman–Crippen LogP) is 6.60. The van der Waals surface area contributed by atoms with Gasteiger partial charge in [0.05, 0.1) is 12.8 Å². The van der Waals surface area contributed by atoms with Gasteiger partial charge in [0, 0.05) is 26.7 Å². The van der Waals surface area contributed by atoms with Gasteiger partial charge in [0.2, 0.25) is 0 Å². The van der Waals surface area contributed by atoms with Gasteiger partial charge in [0.1, 0.15) is 12.6 Å². The maximum absolute atomic E-state index is 12.9. The highest BCUT2D eigenvalue weighted by Gasteiger charge is 2.24. The quantitative estimate of drug-likeness (QED) is 0.135. The second kappa shape index (κ2) is 15.1. The number of carbonyl (C=O) groups is 2. The van der Waals surface area contributed by atoms with Crippen molar-refractivity contribution < 1.29 is 19.1 Å². The summed E-state index contributed by atoms with van der Waals surface area (Å²) in [7, 11) is 0. The summed E-state index contributed by atoms with van der Waals surface area (Å²) in [5, 5.41) is 7.98. The van der Waals surface area contributed by atoms with Gasteiger partial charge in [-0.1, -0.05) is 67.4 Å². The molecular weight excluding hydrogens is 549 g/mol. The fourth-order valence-corrected chi connectivity index (χ4v) is 4.33. The van der Waals surface area contributed by atoms with Crippen molar-refractivity contribution >= 4 is 41.2 Å². The molecule has 40 heavy (non-hydrogen) atoms. The Morgan fingerprint density at radius 1 is 1.02 bits per heavy atom. The minimum Gasteiger partial charge on any atom is -0.490 e. The van der Waals surface area contributed by atoms with Crippen molar-refractivity contribution in [1.82, 2.24) is 10.7 Å². The highest BCUT2D eigenvalue weighted by atomic mass is 35.5. The summed E-state index contributed by atoms with van der Waals surface area (Å²) in [5.74, 6) is 0.181. The van der Waals surface area contributed by atoms with Gasteiger partial charge in [-0.3, -0.25) is 9.59 Å². The summed E-state index contributed by atoms with van der Waals surface area (Å²) in [6.45, 7) is 10.1. The third kappa shape index (κ3) is 8.60. The molecule has 0 spiro atoms. The van der Waals surface area contributed by atoms with Crippen molar-refractivity contribution in [1.29, 1.82) is 0 Å². The van der Waals surface area contributed by atoms with E-state index in [0.29, 0.717) is 45.7 Å². The number of allylic oxidation sites excluding steroid dienone is 1. The van der Waals surface area contributed by atoms with Gasteiger partial charge in [-0.25, -0.2) is 5.43 Å². The smallest absolute Gasteiger partial charge is 0.262 e. The van der Waals surface area contributed by atoms with E-state index in [2.05, 4.69) is 22.4 Å². The van der Waals surface area contributed by atoms with Crippen LogP contribution in [-0.4, -0.2) is 30.7 Å². The number of hydrogen-bond donors (Lipinski definition) is 2. The van der Waals surface area contributed by atoms with Crippen molar-refractivity contribution in [2.24, 2.45) is 11.0 Å². The lowest BCUT2D eigenvalue weighted by Crippen LogP contribution is -2.48. The van der Waals surface area contributed by atoms with Gasteiger partial charge in [0.15, 0.2) is 11.5 Å². The summed E-state index contributed by atoms with van der Waals surface area (Å²) >= 11 is 12.3. The number of nitrogens with one attached hydrogen (secondary N) is 2. The van der Waals surface area contributed by atoms with Gasteiger partial charge in [-0.15, -0.1) is 6.58 Å². The average Bonchev–Trinajstić information content (AvgIpc) is 2.92. The molecule has 0 saturated carbocycles. The average molecular weight is 583 g/mol. The molecule has 0 bridgehead atoms. The second-order valence-corrected chi connectivity index (χ2v) is 10.1. The first-order chi connectivity index (χ1) is 19.2. The van der Waals surface area contributed by atoms with Crippen LogP contribution in [0.2, 0.25) is 10.0 Å². The van der Waals surface area contributed by atoms with Crippen LogP contribution in [0.5, 0.6) is 11.5 Å². The standard InChI is InChI=1S/C31H33Cl2N3O4/c1-5-10-23-15-21(16-27(39-6-2)29(23)40-19-24-13-14-25(32)17-26(24)33)18-34-36-31(38)28(20(3)4)35-30(37)22-11-8-7-9-12-22/h5,7-9,11-18,20,28H,1,6,10,19H2,2-4H3,(H,35,37)(H,36,38). The van der Waals surface area contributed by atoms with Gasteiger partial charge in [0.25, 0.3) is 11.8 Å². The molecule has 2 N–H and O–H groups in total. The highest BCUT2D eigenvalue weighted by Crippen LogP contribution is 2.35. The minimum absolute atomic E-state index is 0.155. The van der Waals surface area contributed by atoms with Crippen LogP contribution in [-0.2, 0) is 17.8 Å². The van der Waals surface area contributed by atoms with E-state index in [1.165, 1.54) is 6.21 Å². The molecule has 9 heteroatoms. The number of amides is 2. The van der Waals surface area contributed by atoms with E-state index < -0.39 is 11.9 Å². The third-order valence-corrected chi connectivity index (χ3v) is 6.45. The van der Waals surface area contributed by atoms with Crippen molar-refractivity contribution in [3.05, 3.63) is 106 Å². The van der Waals surface area contributed by atoms with Crippen LogP contribution in [0.1, 0.15) is 47.8 Å². The second-order valence-electron chi connectivity index (χ2n) is 9.25. The molecule has 3 aromatic carbocycles. The van der Waals surface area contributed by atoms with E-state index in [4.69, 9.17) is 32.7 Å². The number of hydrazone groups is 1. The number of rotatable bonds is 13. The number of carbonyl (C=O) groups excluding carboxylic acids is 2. The largest absolute Gasteiger partial charge is 0.490 e. The summed E-state index contributed by atoms with van der Waals surface area (Å²) in [5.41, 5.74) is 5.32. The molecule has 0 aliphatic heterocycles. The molecule has 3 rings (SSSR count). The normalized spacial score (nSPS) is 11.8.